The molecule has 8 heteroatoms. The van der Waals surface area contributed by atoms with Crippen molar-refractivity contribution < 1.29 is 14.7 Å². The van der Waals surface area contributed by atoms with Crippen molar-refractivity contribution in [3.8, 4) is 0 Å². The first-order valence-corrected chi connectivity index (χ1v) is 10.2. The Morgan fingerprint density at radius 1 is 1.03 bits per heavy atom. The molecule has 1 atom stereocenters. The molecule has 2 heterocycles. The molecule has 1 fully saturated rings. The molecular weight excluding hydrogens is 394 g/mol. The first kappa shape index (κ1) is 20.8. The summed E-state index contributed by atoms with van der Waals surface area (Å²) in [7, 11) is 0. The molecule has 0 aliphatic carbocycles. The van der Waals surface area contributed by atoms with E-state index in [0.717, 1.165) is 22.2 Å². The number of aliphatic hydroxyl groups excluding tert-OH is 1. The number of fused-ring (bicyclic) bond motifs is 1. The van der Waals surface area contributed by atoms with Gasteiger partial charge in [0.1, 0.15) is 6.04 Å². The summed E-state index contributed by atoms with van der Waals surface area (Å²) in [6.07, 6.45) is 3.91. The van der Waals surface area contributed by atoms with Crippen LogP contribution in [0.2, 0.25) is 0 Å². The number of nitrogens with one attached hydrogen (secondary N) is 1. The third-order valence-electron chi connectivity index (χ3n) is 5.48. The number of nitrogens with two attached hydrogens (primary N) is 1. The van der Waals surface area contributed by atoms with E-state index >= 15 is 0 Å². The quantitative estimate of drug-likeness (QED) is 0.577. The number of rotatable bonds is 5. The summed E-state index contributed by atoms with van der Waals surface area (Å²) in [5, 5.41) is 17.4. The van der Waals surface area contributed by atoms with Crippen LogP contribution in [-0.2, 0) is 4.79 Å². The molecule has 2 amide bonds. The number of amides is 2. The molecule has 0 radical (unpaired) electrons. The Morgan fingerprint density at radius 2 is 1.71 bits per heavy atom. The molecule has 8 nitrogen and oxygen atoms in total. The highest BCUT2D eigenvalue weighted by Gasteiger charge is 2.27. The van der Waals surface area contributed by atoms with Crippen LogP contribution >= 0.6 is 0 Å². The second-order valence-corrected chi connectivity index (χ2v) is 7.52. The fourth-order valence-corrected chi connectivity index (χ4v) is 3.65. The van der Waals surface area contributed by atoms with Crippen molar-refractivity contribution in [3.05, 3.63) is 65.4 Å². The van der Waals surface area contributed by atoms with Gasteiger partial charge in [0.05, 0.1) is 17.8 Å². The number of para-hydroxylation sites is 1. The number of aromatic amines is 1. The number of benzene rings is 2. The normalized spacial score (nSPS) is 15.5. The third-order valence-corrected chi connectivity index (χ3v) is 5.48. The van der Waals surface area contributed by atoms with Gasteiger partial charge in [-0.05, 0) is 29.8 Å². The molecule has 31 heavy (non-hydrogen) atoms. The van der Waals surface area contributed by atoms with Crippen molar-refractivity contribution in [2.75, 3.05) is 32.8 Å². The highest BCUT2D eigenvalue weighted by Crippen LogP contribution is 2.18. The minimum absolute atomic E-state index is 0.0626. The molecule has 1 unspecified atom stereocenters. The van der Waals surface area contributed by atoms with Crippen LogP contribution < -0.4 is 5.73 Å². The lowest BCUT2D eigenvalue weighted by molar-refractivity contribution is -0.134. The lowest BCUT2D eigenvalue weighted by atomic mass is 10.1. The van der Waals surface area contributed by atoms with Gasteiger partial charge in [-0.1, -0.05) is 36.4 Å². The van der Waals surface area contributed by atoms with Crippen LogP contribution in [-0.4, -0.2) is 75.7 Å². The van der Waals surface area contributed by atoms with Crippen molar-refractivity contribution in [3.63, 3.8) is 0 Å². The molecule has 1 saturated heterocycles. The van der Waals surface area contributed by atoms with Gasteiger partial charge in [-0.15, -0.1) is 0 Å². The lowest BCUT2D eigenvalue weighted by Gasteiger charge is -2.35. The van der Waals surface area contributed by atoms with Crippen molar-refractivity contribution in [2.24, 2.45) is 5.73 Å². The minimum Gasteiger partial charge on any atom is -0.394 e. The fourth-order valence-electron chi connectivity index (χ4n) is 3.65. The van der Waals surface area contributed by atoms with E-state index in [1.54, 1.807) is 9.80 Å². The summed E-state index contributed by atoms with van der Waals surface area (Å²) in [6, 6.07) is 14.5. The van der Waals surface area contributed by atoms with E-state index in [2.05, 4.69) is 10.2 Å². The van der Waals surface area contributed by atoms with Gasteiger partial charge >= 0.3 is 0 Å². The van der Waals surface area contributed by atoms with E-state index in [9.17, 15) is 9.59 Å². The van der Waals surface area contributed by atoms with Crippen molar-refractivity contribution in [1.82, 2.24) is 20.0 Å². The number of aromatic nitrogens is 2. The van der Waals surface area contributed by atoms with E-state index in [1.807, 2.05) is 60.7 Å². The van der Waals surface area contributed by atoms with Crippen LogP contribution in [0.1, 0.15) is 21.6 Å². The number of carbonyl (C=O) groups excluding carboxylic acids is 2. The summed E-state index contributed by atoms with van der Waals surface area (Å²) in [6.45, 7) is 1.33. The summed E-state index contributed by atoms with van der Waals surface area (Å²) in [5.74, 6) is -0.345. The molecule has 0 spiro atoms. The lowest BCUT2D eigenvalue weighted by Crippen LogP contribution is -2.55. The zero-order valence-corrected chi connectivity index (χ0v) is 17.1. The Labute approximate surface area is 179 Å². The van der Waals surface area contributed by atoms with Crippen LogP contribution in [0.15, 0.2) is 48.5 Å². The van der Waals surface area contributed by atoms with Gasteiger partial charge in [0, 0.05) is 37.1 Å². The molecule has 1 aliphatic rings. The van der Waals surface area contributed by atoms with E-state index < -0.39 is 6.04 Å². The highest BCUT2D eigenvalue weighted by molar-refractivity contribution is 5.95. The number of aliphatic hydroxyl groups is 1. The maximum absolute atomic E-state index is 12.8. The molecule has 0 bridgehead atoms. The average molecular weight is 419 g/mol. The van der Waals surface area contributed by atoms with Crippen LogP contribution in [0.3, 0.4) is 0 Å². The molecule has 3 aromatic rings. The number of nitrogens with zero attached hydrogens (tertiary/aromatic N) is 3. The first-order valence-electron chi connectivity index (χ1n) is 10.2. The molecule has 2 aromatic carbocycles. The minimum atomic E-state index is -0.901. The summed E-state index contributed by atoms with van der Waals surface area (Å²) < 4.78 is 0. The Kier molecular flexibility index (Phi) is 6.11. The Balaban J connectivity index is 1.37. The van der Waals surface area contributed by atoms with E-state index in [1.165, 1.54) is 0 Å². The molecular formula is C23H25N5O3. The second-order valence-electron chi connectivity index (χ2n) is 7.52. The largest absolute Gasteiger partial charge is 0.394 e. The number of H-pyrrole nitrogens is 1. The van der Waals surface area contributed by atoms with E-state index in [0.29, 0.717) is 31.7 Å². The summed E-state index contributed by atoms with van der Waals surface area (Å²) in [5.41, 5.74) is 9.03. The van der Waals surface area contributed by atoms with Gasteiger partial charge < -0.3 is 20.6 Å². The molecule has 4 rings (SSSR count). The summed E-state index contributed by atoms with van der Waals surface area (Å²) >= 11 is 0. The third kappa shape index (κ3) is 4.50. The molecule has 4 N–H and O–H groups in total. The number of piperazine rings is 1. The molecule has 160 valence electrons. The van der Waals surface area contributed by atoms with Crippen molar-refractivity contribution in [1.29, 1.82) is 0 Å². The Hall–Kier alpha value is -3.49. The predicted molar refractivity (Wildman–Crippen MR) is 119 cm³/mol. The SMILES string of the molecule is NC(CO)C(=O)N1CCN(C(=O)c2ccc(C=Cc3n[nH]c4ccccc34)cc2)CC1. The van der Waals surface area contributed by atoms with Crippen molar-refractivity contribution >= 4 is 34.9 Å². The average Bonchev–Trinajstić information content (AvgIpc) is 3.25. The first-order chi connectivity index (χ1) is 15.1. The maximum atomic E-state index is 12.8. The number of carbonyl (C=O) groups is 2. The zero-order valence-electron chi connectivity index (χ0n) is 17.1. The Morgan fingerprint density at radius 3 is 2.42 bits per heavy atom. The Bertz CT molecular complexity index is 1100. The van der Waals surface area contributed by atoms with E-state index in [-0.39, 0.29) is 18.4 Å². The van der Waals surface area contributed by atoms with Gasteiger partial charge in [-0.25, -0.2) is 0 Å². The smallest absolute Gasteiger partial charge is 0.253 e. The predicted octanol–water partition coefficient (Wildman–Crippen LogP) is 1.34. The van der Waals surface area contributed by atoms with Gasteiger partial charge in [0.25, 0.3) is 5.91 Å². The van der Waals surface area contributed by atoms with Gasteiger partial charge in [0.2, 0.25) is 5.91 Å². The van der Waals surface area contributed by atoms with Crippen molar-refractivity contribution in [2.45, 2.75) is 6.04 Å². The highest BCUT2D eigenvalue weighted by atomic mass is 16.3. The zero-order chi connectivity index (χ0) is 21.8. The van der Waals surface area contributed by atoms with Crippen LogP contribution in [0.5, 0.6) is 0 Å². The standard InChI is InChI=1S/C23H25N5O3/c24-19(15-29)23(31)28-13-11-27(12-14-28)22(30)17-8-5-16(6-9-17)7-10-21-18-3-1-2-4-20(18)25-26-21/h1-10,19,29H,11-15,24H2,(H,25,26). The van der Waals surface area contributed by atoms with Crippen LogP contribution in [0.4, 0.5) is 0 Å². The second kappa shape index (κ2) is 9.11. The molecule has 1 aromatic heterocycles. The van der Waals surface area contributed by atoms with Gasteiger partial charge in [-0.3, -0.25) is 14.7 Å². The van der Waals surface area contributed by atoms with Gasteiger partial charge in [-0.2, -0.15) is 5.10 Å². The fraction of sp³-hybridized carbons (Fsp3) is 0.261. The molecule has 1 aliphatic heterocycles. The maximum Gasteiger partial charge on any atom is 0.253 e. The van der Waals surface area contributed by atoms with Crippen LogP contribution in [0.25, 0.3) is 23.1 Å². The topological polar surface area (TPSA) is 116 Å². The van der Waals surface area contributed by atoms with E-state index in [4.69, 9.17) is 10.8 Å². The summed E-state index contributed by atoms with van der Waals surface area (Å²) in [4.78, 5) is 28.2. The molecule has 0 saturated carbocycles. The number of hydrogen-bond donors (Lipinski definition) is 3. The number of hydrogen-bond acceptors (Lipinski definition) is 5. The monoisotopic (exact) mass is 419 g/mol. The van der Waals surface area contributed by atoms with Gasteiger partial charge in [0.15, 0.2) is 0 Å². The van der Waals surface area contributed by atoms with Crippen LogP contribution in [0, 0.1) is 0 Å².